The first-order valence-corrected chi connectivity index (χ1v) is 6.46. The molecule has 0 spiro atoms. The highest BCUT2D eigenvalue weighted by Crippen LogP contribution is 2.22. The number of aryl methyl sites for hydroxylation is 2. The van der Waals surface area contributed by atoms with Gasteiger partial charge in [-0.1, -0.05) is 22.0 Å². The van der Waals surface area contributed by atoms with E-state index in [9.17, 15) is 4.39 Å². The molecule has 2 rings (SSSR count). The molecular weight excluding hydrogens is 297 g/mol. The minimum atomic E-state index is -0.241. The smallest absolute Gasteiger partial charge is 0.127 e. The Kier molecular flexibility index (Phi) is 3.82. The number of halogens is 2. The highest BCUT2D eigenvalue weighted by molar-refractivity contribution is 9.10. The van der Waals surface area contributed by atoms with Crippen LogP contribution < -0.4 is 5.73 Å². The molecule has 5 heteroatoms. The van der Waals surface area contributed by atoms with Gasteiger partial charge in [-0.25, -0.2) is 4.39 Å². The van der Waals surface area contributed by atoms with Gasteiger partial charge in [-0.05, 0) is 31.0 Å². The second kappa shape index (κ2) is 5.20. The molecule has 0 fully saturated rings. The molecule has 2 N–H and O–H groups in total. The second-order valence-corrected chi connectivity index (χ2v) is 5.31. The minimum absolute atomic E-state index is 0.235. The lowest BCUT2D eigenvalue weighted by Crippen LogP contribution is -2.14. The van der Waals surface area contributed by atoms with Gasteiger partial charge in [0.1, 0.15) is 5.82 Å². The number of aromatic nitrogens is 2. The molecule has 0 saturated heterocycles. The first-order valence-electron chi connectivity index (χ1n) is 5.67. The van der Waals surface area contributed by atoms with E-state index in [1.165, 1.54) is 6.07 Å². The van der Waals surface area contributed by atoms with E-state index in [1.54, 1.807) is 10.7 Å². The Bertz CT molecular complexity index is 565. The molecule has 0 aliphatic heterocycles. The maximum Gasteiger partial charge on any atom is 0.127 e. The van der Waals surface area contributed by atoms with Gasteiger partial charge in [-0.2, -0.15) is 5.10 Å². The van der Waals surface area contributed by atoms with Crippen LogP contribution in [0.5, 0.6) is 0 Å². The zero-order valence-corrected chi connectivity index (χ0v) is 11.9. The van der Waals surface area contributed by atoms with E-state index in [0.717, 1.165) is 15.7 Å². The monoisotopic (exact) mass is 311 g/mol. The zero-order valence-electron chi connectivity index (χ0n) is 10.3. The molecule has 96 valence electrons. The van der Waals surface area contributed by atoms with Gasteiger partial charge < -0.3 is 5.73 Å². The molecule has 1 unspecified atom stereocenters. The van der Waals surface area contributed by atoms with Gasteiger partial charge in [0, 0.05) is 29.3 Å². The Morgan fingerprint density at radius 3 is 2.78 bits per heavy atom. The van der Waals surface area contributed by atoms with Crippen molar-refractivity contribution in [1.29, 1.82) is 0 Å². The van der Waals surface area contributed by atoms with Crippen molar-refractivity contribution < 1.29 is 4.39 Å². The van der Waals surface area contributed by atoms with Crippen LogP contribution in [0, 0.1) is 12.7 Å². The summed E-state index contributed by atoms with van der Waals surface area (Å²) >= 11 is 3.24. The molecule has 0 radical (unpaired) electrons. The molecule has 18 heavy (non-hydrogen) atoms. The van der Waals surface area contributed by atoms with Crippen molar-refractivity contribution in [3.63, 3.8) is 0 Å². The summed E-state index contributed by atoms with van der Waals surface area (Å²) in [6, 6.07) is 4.79. The van der Waals surface area contributed by atoms with Gasteiger partial charge >= 0.3 is 0 Å². The topological polar surface area (TPSA) is 43.8 Å². The molecule has 0 saturated carbocycles. The molecule has 0 aliphatic rings. The number of nitrogens with two attached hydrogens (primary N) is 1. The van der Waals surface area contributed by atoms with Crippen molar-refractivity contribution in [2.24, 2.45) is 12.8 Å². The lowest BCUT2D eigenvalue weighted by molar-refractivity contribution is 0.592. The predicted molar refractivity (Wildman–Crippen MR) is 72.7 cm³/mol. The van der Waals surface area contributed by atoms with Gasteiger partial charge in [0.2, 0.25) is 0 Å². The summed E-state index contributed by atoms with van der Waals surface area (Å²) in [5.41, 5.74) is 8.59. The highest BCUT2D eigenvalue weighted by atomic mass is 79.9. The van der Waals surface area contributed by atoms with Crippen LogP contribution in [0.3, 0.4) is 0 Å². The van der Waals surface area contributed by atoms with E-state index in [4.69, 9.17) is 5.73 Å². The number of benzene rings is 1. The Labute approximate surface area is 114 Å². The Hall–Kier alpha value is -1.20. The largest absolute Gasteiger partial charge is 0.324 e. The van der Waals surface area contributed by atoms with Crippen LogP contribution in [0.2, 0.25) is 0 Å². The van der Waals surface area contributed by atoms with E-state index in [1.807, 2.05) is 26.2 Å². The van der Waals surface area contributed by atoms with Crippen LogP contribution >= 0.6 is 15.9 Å². The molecule has 0 bridgehead atoms. The van der Waals surface area contributed by atoms with Gasteiger partial charge in [0.15, 0.2) is 0 Å². The summed E-state index contributed by atoms with van der Waals surface area (Å²) in [6.45, 7) is 1.91. The standard InChI is InChI=1S/C13H15BrFN3/c1-8-11(7-18(2)17-8)13(16)5-9-3-4-10(14)6-12(9)15/h3-4,6-7,13H,5,16H2,1-2H3. The SMILES string of the molecule is Cc1nn(C)cc1C(N)Cc1ccc(Br)cc1F. The maximum atomic E-state index is 13.7. The van der Waals surface area contributed by atoms with Crippen molar-refractivity contribution in [1.82, 2.24) is 9.78 Å². The normalized spacial score (nSPS) is 12.7. The van der Waals surface area contributed by atoms with E-state index in [2.05, 4.69) is 21.0 Å². The average Bonchev–Trinajstić information content (AvgIpc) is 2.62. The second-order valence-electron chi connectivity index (χ2n) is 4.39. The van der Waals surface area contributed by atoms with Crippen molar-refractivity contribution >= 4 is 15.9 Å². The Balaban J connectivity index is 2.21. The van der Waals surface area contributed by atoms with Crippen molar-refractivity contribution in [2.45, 2.75) is 19.4 Å². The first-order chi connectivity index (χ1) is 8.47. The average molecular weight is 312 g/mol. The Morgan fingerprint density at radius 2 is 2.22 bits per heavy atom. The summed E-state index contributed by atoms with van der Waals surface area (Å²) in [5.74, 6) is -0.235. The van der Waals surface area contributed by atoms with Crippen LogP contribution in [0.15, 0.2) is 28.9 Å². The summed E-state index contributed by atoms with van der Waals surface area (Å²) in [7, 11) is 1.85. The summed E-state index contributed by atoms with van der Waals surface area (Å²) in [6.07, 6.45) is 2.35. The van der Waals surface area contributed by atoms with Crippen molar-refractivity contribution in [2.75, 3.05) is 0 Å². The van der Waals surface area contributed by atoms with Crippen LogP contribution in [-0.4, -0.2) is 9.78 Å². The molecular formula is C13H15BrFN3. The van der Waals surface area contributed by atoms with Gasteiger partial charge in [-0.3, -0.25) is 4.68 Å². The van der Waals surface area contributed by atoms with Crippen molar-refractivity contribution in [3.8, 4) is 0 Å². The number of hydrogen-bond acceptors (Lipinski definition) is 2. The van der Waals surface area contributed by atoms with E-state index in [0.29, 0.717) is 12.0 Å². The van der Waals surface area contributed by atoms with Crippen LogP contribution in [0.25, 0.3) is 0 Å². The molecule has 1 aromatic heterocycles. The fourth-order valence-corrected chi connectivity index (χ4v) is 2.35. The van der Waals surface area contributed by atoms with E-state index < -0.39 is 0 Å². The quantitative estimate of drug-likeness (QED) is 0.947. The van der Waals surface area contributed by atoms with Gasteiger partial charge in [-0.15, -0.1) is 0 Å². The summed E-state index contributed by atoms with van der Waals surface area (Å²) < 4.78 is 16.2. The molecule has 1 atom stereocenters. The van der Waals surface area contributed by atoms with Crippen LogP contribution in [0.4, 0.5) is 4.39 Å². The third-order valence-corrected chi connectivity index (χ3v) is 3.40. The van der Waals surface area contributed by atoms with Crippen molar-refractivity contribution in [3.05, 3.63) is 51.5 Å². The fraction of sp³-hybridized carbons (Fsp3) is 0.308. The van der Waals surface area contributed by atoms with Gasteiger partial charge in [0.05, 0.1) is 5.69 Å². The van der Waals surface area contributed by atoms with Gasteiger partial charge in [0.25, 0.3) is 0 Å². The molecule has 1 heterocycles. The molecule has 2 aromatic rings. The lowest BCUT2D eigenvalue weighted by Gasteiger charge is -2.11. The fourth-order valence-electron chi connectivity index (χ4n) is 2.02. The van der Waals surface area contributed by atoms with Crippen LogP contribution in [-0.2, 0) is 13.5 Å². The predicted octanol–water partition coefficient (Wildman–Crippen LogP) is 2.87. The maximum absolute atomic E-state index is 13.7. The molecule has 1 aromatic carbocycles. The summed E-state index contributed by atoms with van der Waals surface area (Å²) in [4.78, 5) is 0. The molecule has 0 aliphatic carbocycles. The first kappa shape index (κ1) is 13.2. The number of nitrogens with zero attached hydrogens (tertiary/aromatic N) is 2. The number of rotatable bonds is 3. The highest BCUT2D eigenvalue weighted by Gasteiger charge is 2.15. The molecule has 3 nitrogen and oxygen atoms in total. The third-order valence-electron chi connectivity index (χ3n) is 2.91. The number of hydrogen-bond donors (Lipinski definition) is 1. The minimum Gasteiger partial charge on any atom is -0.324 e. The van der Waals surface area contributed by atoms with E-state index >= 15 is 0 Å². The lowest BCUT2D eigenvalue weighted by atomic mass is 10.00. The summed E-state index contributed by atoms with van der Waals surface area (Å²) in [5, 5.41) is 4.25. The Morgan fingerprint density at radius 1 is 1.50 bits per heavy atom. The third kappa shape index (κ3) is 2.79. The van der Waals surface area contributed by atoms with Crippen LogP contribution in [0.1, 0.15) is 22.9 Å². The van der Waals surface area contributed by atoms with E-state index in [-0.39, 0.29) is 11.9 Å². The molecule has 0 amide bonds. The zero-order chi connectivity index (χ0) is 13.3.